The molecule has 0 saturated carbocycles. The third-order valence-electron chi connectivity index (χ3n) is 5.03. The van der Waals surface area contributed by atoms with Gasteiger partial charge < -0.3 is 9.92 Å². The minimum absolute atomic E-state index is 0.0753. The molecular formula is C24H39NO4S. The van der Waals surface area contributed by atoms with E-state index in [1.807, 2.05) is 0 Å². The number of para-hydroxylation sites is 1. The van der Waals surface area contributed by atoms with Crippen molar-refractivity contribution in [2.24, 2.45) is 0 Å². The molecule has 0 radical (unpaired) electrons. The van der Waals surface area contributed by atoms with E-state index in [2.05, 4.69) is 23.3 Å². The molecule has 2 N–H and O–H groups in total. The maximum Gasteiger partial charge on any atom is 0.343 e. The van der Waals surface area contributed by atoms with Crippen LogP contribution in [0.5, 0.6) is 0 Å². The van der Waals surface area contributed by atoms with Crippen molar-refractivity contribution >= 4 is 21.8 Å². The molecule has 1 aromatic carbocycles. The van der Waals surface area contributed by atoms with Gasteiger partial charge in [-0.3, -0.25) is 4.79 Å². The summed E-state index contributed by atoms with van der Waals surface area (Å²) in [7, 11) is -4.14. The van der Waals surface area contributed by atoms with Crippen LogP contribution in [0.25, 0.3) is 0 Å². The number of benzene rings is 1. The Morgan fingerprint density at radius 3 is 2.00 bits per heavy atom. The Bertz CT molecular complexity index is 728. The smallest absolute Gasteiger partial charge is 0.343 e. The van der Waals surface area contributed by atoms with E-state index in [0.29, 0.717) is 6.42 Å². The number of nitrogens with two attached hydrogens (primary N) is 1. The van der Waals surface area contributed by atoms with Gasteiger partial charge in [-0.15, -0.1) is 0 Å². The van der Waals surface area contributed by atoms with E-state index in [1.165, 1.54) is 57.1 Å². The predicted molar refractivity (Wildman–Crippen MR) is 124 cm³/mol. The molecule has 1 aromatic rings. The Kier molecular flexibility index (Phi) is 13.9. The molecule has 0 aliphatic carbocycles. The van der Waals surface area contributed by atoms with Gasteiger partial charge in [-0.2, -0.15) is 8.42 Å². The molecule has 0 aliphatic rings. The highest BCUT2D eigenvalue weighted by Crippen LogP contribution is 2.20. The Morgan fingerprint density at radius 2 is 1.40 bits per heavy atom. The number of carbonyl (C=O) groups is 1. The molecule has 170 valence electrons. The minimum Gasteiger partial charge on any atom is -0.398 e. The summed E-state index contributed by atoms with van der Waals surface area (Å²) < 4.78 is 28.9. The van der Waals surface area contributed by atoms with Crippen LogP contribution in [0.3, 0.4) is 0 Å². The molecule has 6 heteroatoms. The molecule has 0 amide bonds. The summed E-state index contributed by atoms with van der Waals surface area (Å²) in [6, 6.07) is 5.97. The lowest BCUT2D eigenvalue weighted by atomic mass is 10.1. The third kappa shape index (κ3) is 12.0. The summed E-state index contributed by atoms with van der Waals surface area (Å²) in [4.78, 5) is 11.7. The average Bonchev–Trinajstić information content (AvgIpc) is 2.70. The van der Waals surface area contributed by atoms with E-state index in [9.17, 15) is 13.2 Å². The van der Waals surface area contributed by atoms with Gasteiger partial charge in [-0.25, -0.2) is 0 Å². The predicted octanol–water partition coefficient (Wildman–Crippen LogP) is 6.54. The van der Waals surface area contributed by atoms with Crippen LogP contribution in [-0.2, 0) is 19.1 Å². The average molecular weight is 438 g/mol. The van der Waals surface area contributed by atoms with E-state index in [4.69, 9.17) is 5.73 Å². The van der Waals surface area contributed by atoms with Crippen LogP contribution < -0.4 is 5.73 Å². The van der Waals surface area contributed by atoms with Gasteiger partial charge in [0.1, 0.15) is 4.90 Å². The van der Waals surface area contributed by atoms with E-state index in [1.54, 1.807) is 12.1 Å². The Morgan fingerprint density at radius 1 is 0.867 bits per heavy atom. The maximum atomic E-state index is 12.1. The Hall–Kier alpha value is -1.82. The monoisotopic (exact) mass is 437 g/mol. The second-order valence-electron chi connectivity index (χ2n) is 7.78. The molecular weight excluding hydrogens is 398 g/mol. The SMILES string of the molecule is CCCCCCCC/C=C\CCCCCCCC(=O)OS(=O)(=O)c1ccccc1N. The molecule has 0 unspecified atom stereocenters. The summed E-state index contributed by atoms with van der Waals surface area (Å²) in [5, 5.41) is 0. The lowest BCUT2D eigenvalue weighted by Gasteiger charge is -2.07. The molecule has 0 atom stereocenters. The van der Waals surface area contributed by atoms with E-state index >= 15 is 0 Å². The molecule has 0 aliphatic heterocycles. The van der Waals surface area contributed by atoms with Crippen LogP contribution in [0.4, 0.5) is 5.69 Å². The molecule has 0 bridgehead atoms. The zero-order valence-corrected chi connectivity index (χ0v) is 19.3. The summed E-state index contributed by atoms with van der Waals surface area (Å²) in [6.07, 6.45) is 19.8. The lowest BCUT2D eigenvalue weighted by Crippen LogP contribution is -2.14. The zero-order valence-electron chi connectivity index (χ0n) is 18.5. The fraction of sp³-hybridized carbons (Fsp3) is 0.625. The number of carbonyl (C=O) groups excluding carboxylic acids is 1. The van der Waals surface area contributed by atoms with Crippen LogP contribution in [0, 0.1) is 0 Å². The van der Waals surface area contributed by atoms with Crippen molar-refractivity contribution in [3.63, 3.8) is 0 Å². The highest BCUT2D eigenvalue weighted by Gasteiger charge is 2.22. The molecule has 0 aromatic heterocycles. The number of hydrogen-bond acceptors (Lipinski definition) is 5. The summed E-state index contributed by atoms with van der Waals surface area (Å²) in [5.74, 6) is -0.726. The highest BCUT2D eigenvalue weighted by molar-refractivity contribution is 7.87. The van der Waals surface area contributed by atoms with E-state index in [0.717, 1.165) is 32.1 Å². The van der Waals surface area contributed by atoms with E-state index in [-0.39, 0.29) is 17.0 Å². The second-order valence-corrected chi connectivity index (χ2v) is 9.30. The van der Waals surface area contributed by atoms with Crippen molar-refractivity contribution in [1.29, 1.82) is 0 Å². The molecule has 30 heavy (non-hydrogen) atoms. The van der Waals surface area contributed by atoms with Gasteiger partial charge in [0.05, 0.1) is 5.69 Å². The van der Waals surface area contributed by atoms with Gasteiger partial charge in [-0.1, -0.05) is 82.6 Å². The Labute approximate surface area is 183 Å². The maximum absolute atomic E-state index is 12.1. The standard InChI is InChI=1S/C24H39NO4S/c1-2-3-4-5-6-7-8-9-10-11-12-13-14-15-16-21-24(26)29-30(27,28)23-20-18-17-19-22(23)25/h9-10,17-20H,2-8,11-16,21,25H2,1H3/b10-9-. The largest absolute Gasteiger partial charge is 0.398 e. The quantitative estimate of drug-likeness (QED) is 0.129. The van der Waals surface area contributed by atoms with Gasteiger partial charge in [0, 0.05) is 6.42 Å². The van der Waals surface area contributed by atoms with Gasteiger partial charge >= 0.3 is 16.1 Å². The molecule has 0 heterocycles. The van der Waals surface area contributed by atoms with Crippen molar-refractivity contribution in [3.05, 3.63) is 36.4 Å². The van der Waals surface area contributed by atoms with Crippen molar-refractivity contribution < 1.29 is 17.4 Å². The first-order valence-electron chi connectivity index (χ1n) is 11.4. The first-order valence-corrected chi connectivity index (χ1v) is 12.8. The number of allylic oxidation sites excluding steroid dienone is 2. The van der Waals surface area contributed by atoms with Crippen molar-refractivity contribution in [3.8, 4) is 0 Å². The molecule has 5 nitrogen and oxygen atoms in total. The third-order valence-corrected chi connectivity index (χ3v) is 6.35. The summed E-state index contributed by atoms with van der Waals surface area (Å²) in [6.45, 7) is 2.24. The van der Waals surface area contributed by atoms with Gasteiger partial charge in [0.2, 0.25) is 0 Å². The van der Waals surface area contributed by atoms with Crippen molar-refractivity contribution in [1.82, 2.24) is 0 Å². The van der Waals surface area contributed by atoms with Crippen molar-refractivity contribution in [2.45, 2.75) is 102 Å². The van der Waals surface area contributed by atoms with E-state index < -0.39 is 16.1 Å². The normalized spacial score (nSPS) is 11.8. The lowest BCUT2D eigenvalue weighted by molar-refractivity contribution is -0.133. The number of nitrogen functional groups attached to an aromatic ring is 1. The first kappa shape index (κ1) is 26.2. The fourth-order valence-electron chi connectivity index (χ4n) is 3.26. The van der Waals surface area contributed by atoms with Crippen LogP contribution >= 0.6 is 0 Å². The first-order chi connectivity index (χ1) is 14.5. The van der Waals surface area contributed by atoms with Gasteiger partial charge in [0.15, 0.2) is 0 Å². The van der Waals surface area contributed by atoms with Crippen LogP contribution in [0.2, 0.25) is 0 Å². The number of unbranched alkanes of at least 4 members (excludes halogenated alkanes) is 11. The number of rotatable bonds is 17. The van der Waals surface area contributed by atoms with Gasteiger partial charge in [-0.05, 0) is 44.2 Å². The van der Waals surface area contributed by atoms with Crippen LogP contribution in [-0.4, -0.2) is 14.4 Å². The van der Waals surface area contributed by atoms with Gasteiger partial charge in [0.25, 0.3) is 0 Å². The molecule has 0 saturated heterocycles. The second kappa shape index (κ2) is 15.9. The van der Waals surface area contributed by atoms with Crippen LogP contribution in [0.15, 0.2) is 41.3 Å². The Balaban J connectivity index is 2.02. The van der Waals surface area contributed by atoms with Crippen molar-refractivity contribution in [2.75, 3.05) is 5.73 Å². The summed E-state index contributed by atoms with van der Waals surface area (Å²) >= 11 is 0. The topological polar surface area (TPSA) is 86.5 Å². The molecule has 0 spiro atoms. The zero-order chi connectivity index (χ0) is 22.1. The van der Waals surface area contributed by atoms with Crippen LogP contribution in [0.1, 0.15) is 96.8 Å². The molecule has 1 rings (SSSR count). The summed E-state index contributed by atoms with van der Waals surface area (Å²) in [5.41, 5.74) is 5.72. The highest BCUT2D eigenvalue weighted by atomic mass is 32.2. The fourth-order valence-corrected chi connectivity index (χ4v) is 4.28. The minimum atomic E-state index is -4.14. The molecule has 0 fully saturated rings. The number of hydrogen-bond donors (Lipinski definition) is 1. The number of anilines is 1.